The summed E-state index contributed by atoms with van der Waals surface area (Å²) in [6.07, 6.45) is 0. The minimum absolute atomic E-state index is 0.0888. The number of carbonyl (C=O) groups excluding carboxylic acids is 1. The van der Waals surface area contributed by atoms with Crippen LogP contribution in [-0.2, 0) is 0 Å². The van der Waals surface area contributed by atoms with Crippen molar-refractivity contribution >= 4 is 11.9 Å². The summed E-state index contributed by atoms with van der Waals surface area (Å²) in [6, 6.07) is 16.7. The van der Waals surface area contributed by atoms with Crippen LogP contribution in [0.3, 0.4) is 0 Å². The SMILES string of the molecule is Cc1nc(N)nc(-c2ccc(OCCOc3ccccc3)cc2)c1C(N)=O. The largest absolute Gasteiger partial charge is 0.490 e. The number of nitrogens with zero attached hydrogens (tertiary/aromatic N) is 2. The zero-order chi connectivity index (χ0) is 19.2. The molecule has 1 heterocycles. The molecule has 138 valence electrons. The number of rotatable bonds is 7. The van der Waals surface area contributed by atoms with E-state index >= 15 is 0 Å². The van der Waals surface area contributed by atoms with Gasteiger partial charge in [-0.05, 0) is 43.3 Å². The van der Waals surface area contributed by atoms with E-state index in [9.17, 15) is 4.79 Å². The lowest BCUT2D eigenvalue weighted by Gasteiger charge is -2.11. The summed E-state index contributed by atoms with van der Waals surface area (Å²) in [5, 5.41) is 0. The molecule has 1 amide bonds. The van der Waals surface area contributed by atoms with Crippen molar-refractivity contribution in [1.82, 2.24) is 9.97 Å². The van der Waals surface area contributed by atoms with Crippen molar-refractivity contribution in [2.45, 2.75) is 6.92 Å². The van der Waals surface area contributed by atoms with Gasteiger partial charge >= 0.3 is 0 Å². The first kappa shape index (κ1) is 18.2. The first-order valence-electron chi connectivity index (χ1n) is 8.39. The van der Waals surface area contributed by atoms with Crippen molar-refractivity contribution in [2.24, 2.45) is 5.73 Å². The molecule has 0 unspecified atom stereocenters. The van der Waals surface area contributed by atoms with Crippen molar-refractivity contribution in [2.75, 3.05) is 18.9 Å². The molecule has 0 radical (unpaired) electrons. The number of benzene rings is 2. The molecule has 0 aliphatic carbocycles. The number of aromatic nitrogens is 2. The Hall–Kier alpha value is -3.61. The summed E-state index contributed by atoms with van der Waals surface area (Å²) in [7, 11) is 0. The minimum Gasteiger partial charge on any atom is -0.490 e. The van der Waals surface area contributed by atoms with Gasteiger partial charge in [-0.2, -0.15) is 0 Å². The molecule has 3 rings (SSSR count). The highest BCUT2D eigenvalue weighted by Gasteiger charge is 2.17. The van der Waals surface area contributed by atoms with Crippen LogP contribution in [0, 0.1) is 6.92 Å². The first-order valence-corrected chi connectivity index (χ1v) is 8.39. The Morgan fingerprint density at radius 3 is 2.11 bits per heavy atom. The molecule has 7 nitrogen and oxygen atoms in total. The zero-order valence-corrected chi connectivity index (χ0v) is 14.9. The number of para-hydroxylation sites is 1. The van der Waals surface area contributed by atoms with Gasteiger partial charge < -0.3 is 20.9 Å². The normalized spacial score (nSPS) is 10.4. The Labute approximate surface area is 157 Å². The number of nitrogen functional groups attached to an aromatic ring is 1. The fourth-order valence-electron chi connectivity index (χ4n) is 2.64. The van der Waals surface area contributed by atoms with Gasteiger partial charge in [-0.3, -0.25) is 4.79 Å². The Kier molecular flexibility index (Phi) is 5.51. The molecule has 0 spiro atoms. The molecular formula is C20H20N4O3. The molecule has 0 fully saturated rings. The lowest BCUT2D eigenvalue weighted by Crippen LogP contribution is -2.17. The average molecular weight is 364 g/mol. The number of hydrogen-bond acceptors (Lipinski definition) is 6. The van der Waals surface area contributed by atoms with Crippen molar-refractivity contribution in [3.63, 3.8) is 0 Å². The third-order valence-electron chi connectivity index (χ3n) is 3.85. The van der Waals surface area contributed by atoms with Gasteiger partial charge in [-0.15, -0.1) is 0 Å². The number of nitrogens with two attached hydrogens (primary N) is 2. The molecule has 0 aliphatic heterocycles. The number of primary amides is 1. The topological polar surface area (TPSA) is 113 Å². The monoisotopic (exact) mass is 364 g/mol. The van der Waals surface area contributed by atoms with Crippen molar-refractivity contribution in [3.05, 3.63) is 65.9 Å². The van der Waals surface area contributed by atoms with E-state index in [1.165, 1.54) is 0 Å². The standard InChI is InChI=1S/C20H20N4O3/c1-13-17(19(21)25)18(24-20(22)23-13)14-7-9-16(10-8-14)27-12-11-26-15-5-3-2-4-6-15/h2-10H,11-12H2,1H3,(H2,21,25)(H2,22,23,24). The molecule has 0 aliphatic rings. The van der Waals surface area contributed by atoms with Crippen LogP contribution in [0.25, 0.3) is 11.3 Å². The molecular weight excluding hydrogens is 344 g/mol. The minimum atomic E-state index is -0.596. The quantitative estimate of drug-likeness (QED) is 0.623. The highest BCUT2D eigenvalue weighted by molar-refractivity contribution is 6.00. The molecule has 7 heteroatoms. The highest BCUT2D eigenvalue weighted by atomic mass is 16.5. The smallest absolute Gasteiger partial charge is 0.252 e. The Bertz CT molecular complexity index is 928. The van der Waals surface area contributed by atoms with E-state index in [1.807, 2.05) is 30.3 Å². The van der Waals surface area contributed by atoms with Gasteiger partial charge in [0.1, 0.15) is 24.7 Å². The third-order valence-corrected chi connectivity index (χ3v) is 3.85. The molecule has 0 saturated heterocycles. The van der Waals surface area contributed by atoms with Crippen molar-refractivity contribution in [3.8, 4) is 22.8 Å². The van der Waals surface area contributed by atoms with Crippen molar-refractivity contribution < 1.29 is 14.3 Å². The van der Waals surface area contributed by atoms with Crippen LogP contribution in [0.1, 0.15) is 16.1 Å². The average Bonchev–Trinajstić information content (AvgIpc) is 2.65. The van der Waals surface area contributed by atoms with E-state index in [0.29, 0.717) is 35.9 Å². The summed E-state index contributed by atoms with van der Waals surface area (Å²) in [4.78, 5) is 19.9. The molecule has 0 saturated carbocycles. The van der Waals surface area contributed by atoms with Gasteiger partial charge in [-0.25, -0.2) is 9.97 Å². The van der Waals surface area contributed by atoms with Crippen LogP contribution in [0.2, 0.25) is 0 Å². The second kappa shape index (κ2) is 8.18. The fraction of sp³-hybridized carbons (Fsp3) is 0.150. The molecule has 3 aromatic rings. The predicted octanol–water partition coefficient (Wildman–Crippen LogP) is 2.59. The fourth-order valence-corrected chi connectivity index (χ4v) is 2.64. The summed E-state index contributed by atoms with van der Waals surface area (Å²) in [5.74, 6) is 0.966. The van der Waals surface area contributed by atoms with Crippen LogP contribution in [0.5, 0.6) is 11.5 Å². The van der Waals surface area contributed by atoms with Gasteiger partial charge in [0.2, 0.25) is 5.95 Å². The van der Waals surface area contributed by atoms with Gasteiger partial charge in [0.05, 0.1) is 17.0 Å². The van der Waals surface area contributed by atoms with Gasteiger partial charge in [-0.1, -0.05) is 18.2 Å². The lowest BCUT2D eigenvalue weighted by molar-refractivity contribution is 0.0999. The van der Waals surface area contributed by atoms with Gasteiger partial charge in [0.25, 0.3) is 5.91 Å². The number of amides is 1. The number of carbonyl (C=O) groups is 1. The first-order chi connectivity index (χ1) is 13.0. The Morgan fingerprint density at radius 2 is 1.52 bits per heavy atom. The summed E-state index contributed by atoms with van der Waals surface area (Å²) >= 11 is 0. The van der Waals surface area contributed by atoms with Crippen LogP contribution < -0.4 is 20.9 Å². The lowest BCUT2D eigenvalue weighted by atomic mass is 10.0. The molecule has 4 N–H and O–H groups in total. The second-order valence-electron chi connectivity index (χ2n) is 5.79. The summed E-state index contributed by atoms with van der Waals surface area (Å²) in [5.41, 5.74) is 13.0. The number of hydrogen-bond donors (Lipinski definition) is 2. The summed E-state index contributed by atoms with van der Waals surface area (Å²) < 4.78 is 11.3. The molecule has 27 heavy (non-hydrogen) atoms. The Balaban J connectivity index is 1.66. The van der Waals surface area contributed by atoms with Crippen LogP contribution in [-0.4, -0.2) is 29.1 Å². The third kappa shape index (κ3) is 4.52. The molecule has 0 atom stereocenters. The van der Waals surface area contributed by atoms with E-state index in [0.717, 1.165) is 5.75 Å². The maximum absolute atomic E-state index is 11.7. The van der Waals surface area contributed by atoms with E-state index in [4.69, 9.17) is 20.9 Å². The zero-order valence-electron chi connectivity index (χ0n) is 14.9. The number of ether oxygens (including phenoxy) is 2. The molecule has 0 bridgehead atoms. The van der Waals surface area contributed by atoms with E-state index in [-0.39, 0.29) is 11.5 Å². The van der Waals surface area contributed by atoms with Crippen LogP contribution in [0.15, 0.2) is 54.6 Å². The molecule has 2 aromatic carbocycles. The van der Waals surface area contributed by atoms with Crippen molar-refractivity contribution in [1.29, 1.82) is 0 Å². The van der Waals surface area contributed by atoms with Crippen LogP contribution in [0.4, 0.5) is 5.95 Å². The van der Waals surface area contributed by atoms with Crippen LogP contribution >= 0.6 is 0 Å². The Morgan fingerprint density at radius 1 is 0.926 bits per heavy atom. The van der Waals surface area contributed by atoms with E-state index in [2.05, 4.69) is 9.97 Å². The number of anilines is 1. The number of aryl methyl sites for hydroxylation is 1. The maximum atomic E-state index is 11.7. The maximum Gasteiger partial charge on any atom is 0.252 e. The van der Waals surface area contributed by atoms with Gasteiger partial charge in [0, 0.05) is 5.56 Å². The highest BCUT2D eigenvalue weighted by Crippen LogP contribution is 2.26. The van der Waals surface area contributed by atoms with Gasteiger partial charge in [0.15, 0.2) is 0 Å². The molecule has 1 aromatic heterocycles. The second-order valence-corrected chi connectivity index (χ2v) is 5.79. The summed E-state index contributed by atoms with van der Waals surface area (Å²) in [6.45, 7) is 2.51. The van der Waals surface area contributed by atoms with E-state index < -0.39 is 5.91 Å². The van der Waals surface area contributed by atoms with E-state index in [1.54, 1.807) is 31.2 Å². The predicted molar refractivity (Wildman–Crippen MR) is 103 cm³/mol.